The lowest BCUT2D eigenvalue weighted by atomic mass is 10.2. The number of pyridine rings is 1. The Morgan fingerprint density at radius 1 is 0.960 bits per heavy atom. The van der Waals surface area contributed by atoms with Gasteiger partial charge in [-0.05, 0) is 12.1 Å². The van der Waals surface area contributed by atoms with Crippen molar-refractivity contribution in [2.24, 2.45) is 0 Å². The molecule has 3 rings (SSSR count). The SMILES string of the molecule is COC(=O)c1cc(-n2cc(-c3ccccc3)nn2)cc(C(=O)OC)n1. The Kier molecular flexibility index (Phi) is 4.51. The molecule has 0 atom stereocenters. The van der Waals surface area contributed by atoms with Crippen molar-refractivity contribution in [2.75, 3.05) is 14.2 Å². The molecule has 0 fully saturated rings. The van der Waals surface area contributed by atoms with Crippen molar-refractivity contribution in [1.29, 1.82) is 0 Å². The number of nitrogens with zero attached hydrogens (tertiary/aromatic N) is 4. The van der Waals surface area contributed by atoms with Crippen molar-refractivity contribution < 1.29 is 19.1 Å². The fraction of sp³-hybridized carbons (Fsp3) is 0.118. The summed E-state index contributed by atoms with van der Waals surface area (Å²) < 4.78 is 10.8. The maximum Gasteiger partial charge on any atom is 0.356 e. The van der Waals surface area contributed by atoms with Crippen LogP contribution in [0.25, 0.3) is 16.9 Å². The standard InChI is InChI=1S/C17H14N4O4/c1-24-16(22)13-8-12(9-14(18-13)17(23)25-2)21-10-15(19-20-21)11-6-4-3-5-7-11/h3-10H,1-2H3. The topological polar surface area (TPSA) is 96.2 Å². The van der Waals surface area contributed by atoms with Crippen LogP contribution in [0.3, 0.4) is 0 Å². The van der Waals surface area contributed by atoms with Crippen molar-refractivity contribution in [1.82, 2.24) is 20.0 Å². The van der Waals surface area contributed by atoms with Gasteiger partial charge in [0.1, 0.15) is 5.69 Å². The number of hydrogen-bond donors (Lipinski definition) is 0. The Labute approximate surface area is 143 Å². The highest BCUT2D eigenvalue weighted by Crippen LogP contribution is 2.18. The van der Waals surface area contributed by atoms with Gasteiger partial charge >= 0.3 is 11.9 Å². The predicted octanol–water partition coefficient (Wildman–Crippen LogP) is 1.90. The number of ether oxygens (including phenoxy) is 2. The van der Waals surface area contributed by atoms with Gasteiger partial charge in [0.15, 0.2) is 11.4 Å². The highest BCUT2D eigenvalue weighted by atomic mass is 16.5. The summed E-state index contributed by atoms with van der Waals surface area (Å²) in [5.74, 6) is -1.34. The number of methoxy groups -OCH3 is 2. The molecule has 0 saturated carbocycles. The van der Waals surface area contributed by atoms with Crippen molar-refractivity contribution in [2.45, 2.75) is 0 Å². The Morgan fingerprint density at radius 3 is 2.12 bits per heavy atom. The molecule has 0 aliphatic carbocycles. The van der Waals surface area contributed by atoms with E-state index < -0.39 is 11.9 Å². The van der Waals surface area contributed by atoms with E-state index in [0.717, 1.165) is 5.56 Å². The quantitative estimate of drug-likeness (QED) is 0.670. The molecule has 0 spiro atoms. The van der Waals surface area contributed by atoms with Gasteiger partial charge in [-0.25, -0.2) is 19.3 Å². The Balaban J connectivity index is 2.06. The van der Waals surface area contributed by atoms with E-state index in [4.69, 9.17) is 0 Å². The van der Waals surface area contributed by atoms with Crippen molar-refractivity contribution >= 4 is 11.9 Å². The third-order valence-corrected chi connectivity index (χ3v) is 3.43. The van der Waals surface area contributed by atoms with Crippen LogP contribution in [0, 0.1) is 0 Å². The minimum Gasteiger partial charge on any atom is -0.464 e. The molecule has 2 heterocycles. The minimum absolute atomic E-state index is 0.0304. The van der Waals surface area contributed by atoms with Crippen LogP contribution >= 0.6 is 0 Å². The van der Waals surface area contributed by atoms with Gasteiger partial charge in [-0.3, -0.25) is 0 Å². The molecule has 0 radical (unpaired) electrons. The van der Waals surface area contributed by atoms with Crippen molar-refractivity contribution in [3.05, 3.63) is 60.0 Å². The van der Waals surface area contributed by atoms with Crippen LogP contribution in [-0.4, -0.2) is 46.1 Å². The summed E-state index contributed by atoms with van der Waals surface area (Å²) >= 11 is 0. The number of aromatic nitrogens is 4. The van der Waals surface area contributed by atoms with Crippen molar-refractivity contribution in [3.63, 3.8) is 0 Å². The fourth-order valence-electron chi connectivity index (χ4n) is 2.20. The van der Waals surface area contributed by atoms with E-state index >= 15 is 0 Å². The average molecular weight is 338 g/mol. The molecule has 0 aliphatic rings. The first-order chi connectivity index (χ1) is 12.1. The van der Waals surface area contributed by atoms with Gasteiger partial charge in [-0.15, -0.1) is 5.10 Å². The summed E-state index contributed by atoms with van der Waals surface area (Å²) in [6.07, 6.45) is 1.69. The second-order valence-electron chi connectivity index (χ2n) is 4.99. The zero-order valence-electron chi connectivity index (χ0n) is 13.5. The average Bonchev–Trinajstić information content (AvgIpc) is 3.17. The first-order valence-corrected chi connectivity index (χ1v) is 7.29. The van der Waals surface area contributed by atoms with Crippen LogP contribution in [0.5, 0.6) is 0 Å². The maximum absolute atomic E-state index is 11.8. The van der Waals surface area contributed by atoms with E-state index in [1.165, 1.54) is 31.0 Å². The van der Waals surface area contributed by atoms with Crippen LogP contribution in [0.2, 0.25) is 0 Å². The zero-order chi connectivity index (χ0) is 17.8. The zero-order valence-corrected chi connectivity index (χ0v) is 13.5. The number of hydrogen-bond acceptors (Lipinski definition) is 7. The number of carbonyl (C=O) groups excluding carboxylic acids is 2. The van der Waals surface area contributed by atoms with Gasteiger partial charge in [0, 0.05) is 5.56 Å². The second kappa shape index (κ2) is 6.91. The lowest BCUT2D eigenvalue weighted by Crippen LogP contribution is -2.12. The molecule has 0 saturated heterocycles. The molecule has 8 heteroatoms. The normalized spacial score (nSPS) is 10.3. The summed E-state index contributed by atoms with van der Waals surface area (Å²) in [4.78, 5) is 27.6. The summed E-state index contributed by atoms with van der Waals surface area (Å²) in [5.41, 5.74) is 1.92. The minimum atomic E-state index is -0.671. The molecule has 0 bridgehead atoms. The lowest BCUT2D eigenvalue weighted by molar-refractivity contribution is 0.0585. The highest BCUT2D eigenvalue weighted by molar-refractivity contribution is 5.92. The number of benzene rings is 1. The molecule has 3 aromatic rings. The molecule has 0 amide bonds. The van der Waals surface area contributed by atoms with Crippen LogP contribution < -0.4 is 0 Å². The lowest BCUT2D eigenvalue weighted by Gasteiger charge is -2.06. The third-order valence-electron chi connectivity index (χ3n) is 3.43. The summed E-state index contributed by atoms with van der Waals surface area (Å²) in [5, 5.41) is 8.16. The number of esters is 2. The van der Waals surface area contributed by atoms with Crippen molar-refractivity contribution in [3.8, 4) is 16.9 Å². The van der Waals surface area contributed by atoms with Gasteiger partial charge < -0.3 is 9.47 Å². The summed E-state index contributed by atoms with van der Waals surface area (Å²) in [6, 6.07) is 12.4. The van der Waals surface area contributed by atoms with E-state index in [1.54, 1.807) is 6.20 Å². The summed E-state index contributed by atoms with van der Waals surface area (Å²) in [6.45, 7) is 0. The monoisotopic (exact) mass is 338 g/mol. The smallest absolute Gasteiger partial charge is 0.356 e. The Hall–Kier alpha value is -3.55. The number of rotatable bonds is 4. The molecule has 0 unspecified atom stereocenters. The molecular formula is C17H14N4O4. The molecular weight excluding hydrogens is 324 g/mol. The van der Waals surface area contributed by atoms with Gasteiger partial charge in [-0.1, -0.05) is 35.5 Å². The Bertz CT molecular complexity index is 887. The van der Waals surface area contributed by atoms with Gasteiger partial charge in [0.05, 0.1) is 26.1 Å². The molecule has 0 aliphatic heterocycles. The van der Waals surface area contributed by atoms with E-state index in [-0.39, 0.29) is 11.4 Å². The van der Waals surface area contributed by atoms with Crippen LogP contribution in [0.1, 0.15) is 21.0 Å². The van der Waals surface area contributed by atoms with E-state index in [0.29, 0.717) is 11.4 Å². The molecule has 126 valence electrons. The fourth-order valence-corrected chi connectivity index (χ4v) is 2.20. The molecule has 8 nitrogen and oxygen atoms in total. The maximum atomic E-state index is 11.8. The van der Waals surface area contributed by atoms with Crippen LogP contribution in [0.15, 0.2) is 48.7 Å². The summed E-state index contributed by atoms with van der Waals surface area (Å²) in [7, 11) is 2.47. The predicted molar refractivity (Wildman–Crippen MR) is 87.3 cm³/mol. The van der Waals surface area contributed by atoms with E-state index in [2.05, 4.69) is 24.8 Å². The van der Waals surface area contributed by atoms with E-state index in [9.17, 15) is 9.59 Å². The van der Waals surface area contributed by atoms with Crippen LogP contribution in [0.4, 0.5) is 0 Å². The van der Waals surface area contributed by atoms with Gasteiger partial charge in [-0.2, -0.15) is 0 Å². The van der Waals surface area contributed by atoms with Gasteiger partial charge in [0.25, 0.3) is 0 Å². The molecule has 2 aromatic heterocycles. The van der Waals surface area contributed by atoms with E-state index in [1.807, 2.05) is 30.3 Å². The third kappa shape index (κ3) is 3.37. The molecule has 25 heavy (non-hydrogen) atoms. The molecule has 0 N–H and O–H groups in total. The second-order valence-corrected chi connectivity index (χ2v) is 4.99. The Morgan fingerprint density at radius 2 is 1.56 bits per heavy atom. The highest BCUT2D eigenvalue weighted by Gasteiger charge is 2.17. The molecule has 1 aromatic carbocycles. The van der Waals surface area contributed by atoms with Gasteiger partial charge in [0.2, 0.25) is 0 Å². The largest absolute Gasteiger partial charge is 0.464 e. The first-order valence-electron chi connectivity index (χ1n) is 7.29. The number of carbonyl (C=O) groups is 2. The van der Waals surface area contributed by atoms with Crippen LogP contribution in [-0.2, 0) is 9.47 Å². The first kappa shape index (κ1) is 16.3.